The van der Waals surface area contributed by atoms with Crippen LogP contribution < -0.4 is 15.5 Å². The number of hydrogen-bond donors (Lipinski definition) is 3. The van der Waals surface area contributed by atoms with Gasteiger partial charge in [0.2, 0.25) is 15.9 Å². The lowest BCUT2D eigenvalue weighted by Gasteiger charge is -2.26. The smallest absolute Gasteiger partial charge is 0.243 e. The molecule has 2 aromatic carbocycles. The Morgan fingerprint density at radius 2 is 1.84 bits per heavy atom. The summed E-state index contributed by atoms with van der Waals surface area (Å²) in [6.45, 7) is 4.85. The average Bonchev–Trinajstić information content (AvgIpc) is 2.84. The molecule has 0 fully saturated rings. The maximum atomic E-state index is 13.0. The Balaban J connectivity index is 2.09. The lowest BCUT2D eigenvalue weighted by atomic mass is 10.1. The van der Waals surface area contributed by atoms with Crippen molar-refractivity contribution in [1.29, 1.82) is 0 Å². The van der Waals surface area contributed by atoms with Gasteiger partial charge in [0, 0.05) is 29.0 Å². The van der Waals surface area contributed by atoms with Gasteiger partial charge in [0.1, 0.15) is 11.9 Å². The van der Waals surface area contributed by atoms with Crippen LogP contribution >= 0.6 is 0 Å². The molecule has 0 bridgehead atoms. The first-order valence-electron chi connectivity index (χ1n) is 7.66. The van der Waals surface area contributed by atoms with Gasteiger partial charge in [-0.05, 0) is 26.0 Å². The molecule has 0 spiro atoms. The van der Waals surface area contributed by atoms with E-state index in [4.69, 9.17) is 4.84 Å². The fourth-order valence-corrected chi connectivity index (χ4v) is 4.25. The van der Waals surface area contributed by atoms with E-state index in [2.05, 4.69) is 15.5 Å². The number of carbonyl (C=O) groups excluding carboxylic acids is 1. The molecule has 0 radical (unpaired) electrons. The van der Waals surface area contributed by atoms with E-state index in [1.165, 1.54) is 19.3 Å². The van der Waals surface area contributed by atoms with E-state index in [9.17, 15) is 13.2 Å². The van der Waals surface area contributed by atoms with Gasteiger partial charge in [-0.25, -0.2) is 8.42 Å². The molecule has 0 saturated heterocycles. The first-order chi connectivity index (χ1) is 11.7. The first-order valence-corrected chi connectivity index (χ1v) is 9.15. The van der Waals surface area contributed by atoms with Gasteiger partial charge in [-0.15, -0.1) is 5.48 Å². The average molecular weight is 361 g/mol. The number of nitrogens with one attached hydrogen (secondary N) is 3. The zero-order chi connectivity index (χ0) is 18.2. The number of fused-ring (bicyclic) bond motifs is 1. The summed E-state index contributed by atoms with van der Waals surface area (Å²) in [4.78, 5) is 16.5. The third-order valence-electron chi connectivity index (χ3n) is 4.11. The molecule has 0 aromatic heterocycles. The Labute approximate surface area is 146 Å². The molecule has 1 heterocycles. The van der Waals surface area contributed by atoms with Gasteiger partial charge in [0.15, 0.2) is 0 Å². The van der Waals surface area contributed by atoms with E-state index in [0.29, 0.717) is 22.0 Å². The monoisotopic (exact) mass is 361 g/mol. The van der Waals surface area contributed by atoms with Crippen molar-refractivity contribution in [2.45, 2.75) is 31.3 Å². The number of hydrogen-bond acceptors (Lipinski definition) is 5. The molecule has 0 aliphatic carbocycles. The Morgan fingerprint density at radius 1 is 1.16 bits per heavy atom. The second-order valence-corrected chi connectivity index (χ2v) is 7.74. The van der Waals surface area contributed by atoms with Crippen LogP contribution in [0, 0.1) is 0 Å². The Morgan fingerprint density at radius 3 is 2.48 bits per heavy atom. The highest BCUT2D eigenvalue weighted by atomic mass is 32.2. The quantitative estimate of drug-likeness (QED) is 0.776. The summed E-state index contributed by atoms with van der Waals surface area (Å²) in [5.74, 6) is -0.223. The van der Waals surface area contributed by atoms with Crippen molar-refractivity contribution in [2.75, 3.05) is 5.32 Å². The van der Waals surface area contributed by atoms with Crippen molar-refractivity contribution in [2.24, 2.45) is 0 Å². The number of benzene rings is 2. The van der Waals surface area contributed by atoms with Crippen LogP contribution in [0.2, 0.25) is 0 Å². The summed E-state index contributed by atoms with van der Waals surface area (Å²) >= 11 is 0. The normalized spacial score (nSPS) is 20.2. The second-order valence-electron chi connectivity index (χ2n) is 6.09. The molecule has 7 nitrogen and oxygen atoms in total. The van der Waals surface area contributed by atoms with Gasteiger partial charge < -0.3 is 10.2 Å². The van der Waals surface area contributed by atoms with Gasteiger partial charge >= 0.3 is 0 Å². The van der Waals surface area contributed by atoms with Crippen molar-refractivity contribution >= 4 is 32.4 Å². The van der Waals surface area contributed by atoms with Crippen molar-refractivity contribution < 1.29 is 18.0 Å². The fourth-order valence-electron chi connectivity index (χ4n) is 2.67. The zero-order valence-electron chi connectivity index (χ0n) is 14.1. The van der Waals surface area contributed by atoms with Crippen LogP contribution in [0.3, 0.4) is 0 Å². The van der Waals surface area contributed by atoms with E-state index in [-0.39, 0.29) is 10.8 Å². The van der Waals surface area contributed by atoms with E-state index >= 15 is 0 Å². The number of hydroxylamine groups is 1. The summed E-state index contributed by atoms with van der Waals surface area (Å²) in [7, 11) is -3.85. The molecule has 2 aromatic rings. The highest BCUT2D eigenvalue weighted by Gasteiger charge is 2.37. The maximum absolute atomic E-state index is 13.0. The molecule has 8 heteroatoms. The summed E-state index contributed by atoms with van der Waals surface area (Å²) in [6.07, 6.45) is 1.46. The standard InChI is InChI=1S/C17H19N3O4S/c1-11-10-24-19-17(11,3)20-25(22,23)16-9-5-6-13-14(16)7-4-8-15(13)18-12(2)21/h4-10,19-20H,1-3H3,(H,18,21). The predicted molar refractivity (Wildman–Crippen MR) is 95.0 cm³/mol. The summed E-state index contributed by atoms with van der Waals surface area (Å²) < 4.78 is 28.6. The lowest BCUT2D eigenvalue weighted by molar-refractivity contribution is -0.114. The Bertz CT molecular complexity index is 985. The van der Waals surface area contributed by atoms with Crippen LogP contribution in [0.4, 0.5) is 5.69 Å². The fraction of sp³-hybridized carbons (Fsp3) is 0.235. The third-order valence-corrected chi connectivity index (χ3v) is 5.72. The van der Waals surface area contributed by atoms with Gasteiger partial charge in [0.05, 0.1) is 4.90 Å². The highest BCUT2D eigenvalue weighted by molar-refractivity contribution is 7.89. The van der Waals surface area contributed by atoms with Crippen LogP contribution in [-0.4, -0.2) is 20.0 Å². The van der Waals surface area contributed by atoms with Gasteiger partial charge in [0.25, 0.3) is 0 Å². The van der Waals surface area contributed by atoms with E-state index in [0.717, 1.165) is 0 Å². The minimum absolute atomic E-state index is 0.125. The number of carbonyl (C=O) groups is 1. The summed E-state index contributed by atoms with van der Waals surface area (Å²) in [6, 6.07) is 10.1. The molecule has 1 aliphatic rings. The molecule has 1 aliphatic heterocycles. The van der Waals surface area contributed by atoms with Gasteiger partial charge in [-0.1, -0.05) is 24.3 Å². The topological polar surface area (TPSA) is 96.5 Å². The van der Waals surface area contributed by atoms with Crippen molar-refractivity contribution in [3.8, 4) is 0 Å². The van der Waals surface area contributed by atoms with Crippen LogP contribution in [0.15, 0.2) is 53.1 Å². The number of anilines is 1. The largest absolute Gasteiger partial charge is 0.414 e. The molecular weight excluding hydrogens is 342 g/mol. The molecule has 3 rings (SSSR count). The van der Waals surface area contributed by atoms with Crippen molar-refractivity contribution in [3.05, 3.63) is 48.2 Å². The molecule has 3 N–H and O–H groups in total. The number of rotatable bonds is 4. The van der Waals surface area contributed by atoms with Crippen LogP contribution in [-0.2, 0) is 19.7 Å². The van der Waals surface area contributed by atoms with Crippen LogP contribution in [0.25, 0.3) is 10.8 Å². The first kappa shape index (κ1) is 17.4. The van der Waals surface area contributed by atoms with E-state index in [1.807, 2.05) is 0 Å². The minimum atomic E-state index is -3.85. The summed E-state index contributed by atoms with van der Waals surface area (Å²) in [5.41, 5.74) is 2.89. The van der Waals surface area contributed by atoms with Gasteiger partial charge in [-0.2, -0.15) is 4.72 Å². The van der Waals surface area contributed by atoms with Gasteiger partial charge in [-0.3, -0.25) is 4.79 Å². The number of sulfonamides is 1. The highest BCUT2D eigenvalue weighted by Crippen LogP contribution is 2.30. The molecule has 1 unspecified atom stereocenters. The third kappa shape index (κ3) is 3.23. The SMILES string of the molecule is CC(=O)Nc1cccc2c(S(=O)(=O)NC3(C)NOC=C3C)cccc12. The minimum Gasteiger partial charge on any atom is -0.414 e. The maximum Gasteiger partial charge on any atom is 0.243 e. The second kappa shape index (κ2) is 6.14. The van der Waals surface area contributed by atoms with E-state index < -0.39 is 15.7 Å². The molecule has 1 amide bonds. The Hall–Kier alpha value is -2.42. The molecule has 0 saturated carbocycles. The Kier molecular flexibility index (Phi) is 4.28. The van der Waals surface area contributed by atoms with Crippen molar-refractivity contribution in [3.63, 3.8) is 0 Å². The lowest BCUT2D eigenvalue weighted by Crippen LogP contribution is -2.54. The molecule has 132 valence electrons. The molecule has 1 atom stereocenters. The number of amides is 1. The summed E-state index contributed by atoms with van der Waals surface area (Å²) in [5, 5.41) is 3.88. The van der Waals surface area contributed by atoms with E-state index in [1.54, 1.807) is 44.2 Å². The molecular formula is C17H19N3O4S. The van der Waals surface area contributed by atoms with Crippen LogP contribution in [0.5, 0.6) is 0 Å². The van der Waals surface area contributed by atoms with Crippen LogP contribution in [0.1, 0.15) is 20.8 Å². The molecule has 25 heavy (non-hydrogen) atoms. The van der Waals surface area contributed by atoms with Crippen molar-refractivity contribution in [1.82, 2.24) is 10.2 Å². The predicted octanol–water partition coefficient (Wildman–Crippen LogP) is 2.23. The zero-order valence-corrected chi connectivity index (χ0v) is 14.9.